The van der Waals surface area contributed by atoms with Gasteiger partial charge in [0.05, 0.1) is 18.0 Å². The van der Waals surface area contributed by atoms with Crippen LogP contribution in [0.2, 0.25) is 0 Å². The van der Waals surface area contributed by atoms with Crippen molar-refractivity contribution in [3.63, 3.8) is 0 Å². The molecule has 0 aliphatic carbocycles. The molecular formula is C16H25N3. The Hall–Kier alpha value is -1.48. The van der Waals surface area contributed by atoms with E-state index >= 15 is 0 Å². The van der Waals surface area contributed by atoms with Gasteiger partial charge in [-0.2, -0.15) is 0 Å². The van der Waals surface area contributed by atoms with E-state index in [0.29, 0.717) is 0 Å². The maximum atomic E-state index is 3.50. The van der Waals surface area contributed by atoms with Crippen molar-refractivity contribution in [3.05, 3.63) is 29.3 Å². The average molecular weight is 259 g/mol. The quantitative estimate of drug-likeness (QED) is 0.854. The van der Waals surface area contributed by atoms with Crippen molar-refractivity contribution < 1.29 is 0 Å². The summed E-state index contributed by atoms with van der Waals surface area (Å²) in [6.07, 6.45) is 5.52. The van der Waals surface area contributed by atoms with E-state index in [1.807, 2.05) is 13.8 Å². The molecule has 0 spiro atoms. The summed E-state index contributed by atoms with van der Waals surface area (Å²) in [6, 6.07) is 4.63. The van der Waals surface area contributed by atoms with Gasteiger partial charge in [0.2, 0.25) is 0 Å². The number of hydrogen-bond acceptors (Lipinski definition) is 3. The van der Waals surface area contributed by atoms with Crippen LogP contribution in [0.1, 0.15) is 31.9 Å². The van der Waals surface area contributed by atoms with Gasteiger partial charge in [0.25, 0.3) is 0 Å². The second kappa shape index (κ2) is 6.62. The van der Waals surface area contributed by atoms with Gasteiger partial charge in [-0.15, -0.1) is 0 Å². The summed E-state index contributed by atoms with van der Waals surface area (Å²) in [6.45, 7) is 10.3. The maximum absolute atomic E-state index is 3.50. The Kier molecular flexibility index (Phi) is 4.86. The Morgan fingerprint density at radius 1 is 1.26 bits per heavy atom. The molecule has 1 aromatic carbocycles. The fraction of sp³-hybridized carbons (Fsp3) is 0.500. The van der Waals surface area contributed by atoms with Gasteiger partial charge in [-0.05, 0) is 29.7 Å². The Labute approximate surface area is 116 Å². The molecule has 2 aliphatic rings. The molecule has 0 saturated carbocycles. The SMILES string of the molecule is CC.CCc1cc2c(c(N3CCNC3)c1)NCC=C2. The molecular weight excluding hydrogens is 234 g/mol. The van der Waals surface area contributed by atoms with E-state index in [-0.39, 0.29) is 0 Å². The van der Waals surface area contributed by atoms with E-state index < -0.39 is 0 Å². The Morgan fingerprint density at radius 2 is 2.11 bits per heavy atom. The lowest BCUT2D eigenvalue weighted by Crippen LogP contribution is -2.23. The Balaban J connectivity index is 0.000000637. The molecule has 0 radical (unpaired) electrons. The van der Waals surface area contributed by atoms with Crippen molar-refractivity contribution in [1.82, 2.24) is 5.32 Å². The lowest BCUT2D eigenvalue weighted by molar-refractivity contribution is 0.855. The highest BCUT2D eigenvalue weighted by Gasteiger charge is 2.18. The molecule has 1 fully saturated rings. The summed E-state index contributed by atoms with van der Waals surface area (Å²) in [5.41, 5.74) is 5.40. The zero-order valence-electron chi connectivity index (χ0n) is 12.3. The van der Waals surface area contributed by atoms with Gasteiger partial charge in [0.15, 0.2) is 0 Å². The third-order valence-electron chi connectivity index (χ3n) is 3.51. The van der Waals surface area contributed by atoms with Crippen molar-refractivity contribution in [2.24, 2.45) is 0 Å². The number of nitrogens with zero attached hydrogens (tertiary/aromatic N) is 1. The molecule has 2 N–H and O–H groups in total. The van der Waals surface area contributed by atoms with Crippen LogP contribution < -0.4 is 15.5 Å². The number of benzene rings is 1. The van der Waals surface area contributed by atoms with Gasteiger partial charge in [-0.25, -0.2) is 0 Å². The fourth-order valence-electron chi connectivity index (χ4n) is 2.55. The van der Waals surface area contributed by atoms with Gasteiger partial charge in [-0.3, -0.25) is 5.32 Å². The first-order chi connectivity index (χ1) is 9.38. The first kappa shape index (κ1) is 13.9. The first-order valence-electron chi connectivity index (χ1n) is 7.41. The molecule has 0 amide bonds. The summed E-state index contributed by atoms with van der Waals surface area (Å²) in [7, 11) is 0. The van der Waals surface area contributed by atoms with Crippen LogP contribution in [0.4, 0.5) is 11.4 Å². The fourth-order valence-corrected chi connectivity index (χ4v) is 2.55. The van der Waals surface area contributed by atoms with Gasteiger partial charge in [0.1, 0.15) is 0 Å². The van der Waals surface area contributed by atoms with Crippen molar-refractivity contribution in [2.75, 3.05) is 36.5 Å². The molecule has 0 aromatic heterocycles. The van der Waals surface area contributed by atoms with Gasteiger partial charge >= 0.3 is 0 Å². The van der Waals surface area contributed by atoms with Crippen molar-refractivity contribution in [3.8, 4) is 0 Å². The standard InChI is InChI=1S/C14H19N3.C2H6/c1-2-11-8-12-4-3-5-16-14(12)13(9-11)17-7-6-15-10-17;1-2/h3-4,8-9,15-16H,2,5-7,10H2,1H3;1-2H3. The minimum absolute atomic E-state index is 0.937. The van der Waals surface area contributed by atoms with Crippen LogP contribution in [0.15, 0.2) is 18.2 Å². The largest absolute Gasteiger partial charge is 0.379 e. The van der Waals surface area contributed by atoms with E-state index in [1.54, 1.807) is 0 Å². The molecule has 0 atom stereocenters. The number of rotatable bonds is 2. The number of hydrogen-bond donors (Lipinski definition) is 2. The smallest absolute Gasteiger partial charge is 0.0683 e. The Bertz CT molecular complexity index is 446. The summed E-state index contributed by atoms with van der Waals surface area (Å²) < 4.78 is 0. The van der Waals surface area contributed by atoms with E-state index in [9.17, 15) is 0 Å². The summed E-state index contributed by atoms with van der Waals surface area (Å²) in [5.74, 6) is 0. The molecule has 1 aromatic rings. The normalized spacial score (nSPS) is 16.5. The highest BCUT2D eigenvalue weighted by molar-refractivity contribution is 5.83. The van der Waals surface area contributed by atoms with Crippen LogP contribution in [0, 0.1) is 0 Å². The van der Waals surface area contributed by atoms with Gasteiger partial charge < -0.3 is 10.2 Å². The van der Waals surface area contributed by atoms with E-state index in [2.05, 4.69) is 46.7 Å². The van der Waals surface area contributed by atoms with Crippen molar-refractivity contribution in [2.45, 2.75) is 27.2 Å². The molecule has 1 saturated heterocycles. The molecule has 2 aliphatic heterocycles. The first-order valence-corrected chi connectivity index (χ1v) is 7.41. The molecule has 104 valence electrons. The van der Waals surface area contributed by atoms with E-state index in [0.717, 1.165) is 32.7 Å². The van der Waals surface area contributed by atoms with Crippen LogP contribution >= 0.6 is 0 Å². The highest BCUT2D eigenvalue weighted by Crippen LogP contribution is 2.34. The van der Waals surface area contributed by atoms with Crippen LogP contribution in [-0.2, 0) is 6.42 Å². The van der Waals surface area contributed by atoms with Crippen molar-refractivity contribution >= 4 is 17.5 Å². The van der Waals surface area contributed by atoms with Crippen LogP contribution in [0.3, 0.4) is 0 Å². The molecule has 3 nitrogen and oxygen atoms in total. The van der Waals surface area contributed by atoms with E-state index in [1.165, 1.54) is 22.5 Å². The van der Waals surface area contributed by atoms with Crippen LogP contribution in [-0.4, -0.2) is 26.3 Å². The summed E-state index contributed by atoms with van der Waals surface area (Å²) in [5, 5.41) is 6.90. The number of nitrogens with one attached hydrogen (secondary N) is 2. The van der Waals surface area contributed by atoms with Crippen LogP contribution in [0.5, 0.6) is 0 Å². The minimum Gasteiger partial charge on any atom is -0.379 e. The number of anilines is 2. The molecule has 0 bridgehead atoms. The summed E-state index contributed by atoms with van der Waals surface area (Å²) >= 11 is 0. The number of fused-ring (bicyclic) bond motifs is 1. The van der Waals surface area contributed by atoms with E-state index in [4.69, 9.17) is 0 Å². The zero-order chi connectivity index (χ0) is 13.7. The maximum Gasteiger partial charge on any atom is 0.0683 e. The third-order valence-corrected chi connectivity index (χ3v) is 3.51. The topological polar surface area (TPSA) is 27.3 Å². The zero-order valence-corrected chi connectivity index (χ0v) is 12.3. The van der Waals surface area contributed by atoms with Gasteiger partial charge in [-0.1, -0.05) is 32.9 Å². The molecule has 2 heterocycles. The summed E-state index contributed by atoms with van der Waals surface area (Å²) in [4.78, 5) is 2.42. The lowest BCUT2D eigenvalue weighted by Gasteiger charge is -2.25. The lowest BCUT2D eigenvalue weighted by atomic mass is 10.0. The monoisotopic (exact) mass is 259 g/mol. The second-order valence-electron chi connectivity index (χ2n) is 4.64. The average Bonchev–Trinajstić information content (AvgIpc) is 3.02. The second-order valence-corrected chi connectivity index (χ2v) is 4.64. The predicted molar refractivity (Wildman–Crippen MR) is 84.9 cm³/mol. The van der Waals surface area contributed by atoms with Gasteiger partial charge in [0, 0.05) is 19.6 Å². The van der Waals surface area contributed by atoms with Crippen LogP contribution in [0.25, 0.3) is 6.08 Å². The number of aryl methyl sites for hydroxylation is 1. The minimum atomic E-state index is 0.937. The van der Waals surface area contributed by atoms with Crippen molar-refractivity contribution in [1.29, 1.82) is 0 Å². The third kappa shape index (κ3) is 2.92. The molecule has 0 unspecified atom stereocenters. The Morgan fingerprint density at radius 3 is 2.79 bits per heavy atom. The molecule has 3 rings (SSSR count). The molecule has 3 heteroatoms. The predicted octanol–water partition coefficient (Wildman–Crippen LogP) is 3.08. The highest BCUT2D eigenvalue weighted by atomic mass is 15.3. The molecule has 19 heavy (non-hydrogen) atoms.